The highest BCUT2D eigenvalue weighted by Gasteiger charge is 2.37. The fraction of sp³-hybridized carbons (Fsp3) is 0.548. The van der Waals surface area contributed by atoms with Gasteiger partial charge in [-0.2, -0.15) is 0 Å². The van der Waals surface area contributed by atoms with Crippen molar-refractivity contribution in [3.8, 4) is 28.7 Å². The molecule has 0 aliphatic carbocycles. The molecule has 0 spiro atoms. The fourth-order valence-corrected chi connectivity index (χ4v) is 4.78. The van der Waals surface area contributed by atoms with E-state index in [0.717, 1.165) is 64.2 Å². The Morgan fingerprint density at radius 3 is 2.10 bits per heavy atom. The molecule has 2 aromatic carbocycles. The number of ether oxygens (including phenoxy) is 3. The molecule has 0 aromatic heterocycles. The summed E-state index contributed by atoms with van der Waals surface area (Å²) in [5.41, 5.74) is 1.01. The van der Waals surface area contributed by atoms with Gasteiger partial charge >= 0.3 is 11.9 Å². The number of hydrogen-bond acceptors (Lipinski definition) is 8. The van der Waals surface area contributed by atoms with Crippen molar-refractivity contribution in [3.63, 3.8) is 0 Å². The van der Waals surface area contributed by atoms with E-state index in [4.69, 9.17) is 14.2 Å². The first-order chi connectivity index (χ1) is 18.8. The number of benzene rings is 2. The van der Waals surface area contributed by atoms with Gasteiger partial charge in [-0.3, -0.25) is 9.59 Å². The van der Waals surface area contributed by atoms with Crippen LogP contribution >= 0.6 is 0 Å². The number of phenolic OH excluding ortho intramolecular Hbond substituents is 3. The molecule has 2 aromatic rings. The number of rotatable bonds is 15. The highest BCUT2D eigenvalue weighted by molar-refractivity contribution is 5.74. The number of fused-ring (bicyclic) bond motifs is 1. The van der Waals surface area contributed by atoms with E-state index in [0.29, 0.717) is 16.9 Å². The molecule has 1 heterocycles. The van der Waals surface area contributed by atoms with E-state index in [1.165, 1.54) is 24.3 Å². The Morgan fingerprint density at radius 2 is 1.46 bits per heavy atom. The Labute approximate surface area is 230 Å². The van der Waals surface area contributed by atoms with Crippen molar-refractivity contribution in [2.75, 3.05) is 0 Å². The molecule has 1 aliphatic rings. The lowest BCUT2D eigenvalue weighted by molar-refractivity contribution is -0.155. The van der Waals surface area contributed by atoms with E-state index >= 15 is 0 Å². The number of carbonyl (C=O) groups excluding carboxylic acids is 2. The Morgan fingerprint density at radius 1 is 0.821 bits per heavy atom. The molecule has 2 atom stereocenters. The normalized spacial score (nSPS) is 16.3. The monoisotopic (exact) mass is 542 g/mol. The average molecular weight is 543 g/mol. The van der Waals surface area contributed by atoms with Crippen LogP contribution in [0.2, 0.25) is 0 Å². The van der Waals surface area contributed by atoms with Gasteiger partial charge in [-0.05, 0) is 25.0 Å². The van der Waals surface area contributed by atoms with Crippen LogP contribution in [-0.4, -0.2) is 33.4 Å². The molecule has 0 radical (unpaired) electrons. The molecule has 1 aliphatic heterocycles. The van der Waals surface area contributed by atoms with E-state index in [-0.39, 0.29) is 48.2 Å². The van der Waals surface area contributed by atoms with E-state index < -0.39 is 18.2 Å². The molecule has 0 bridgehead atoms. The van der Waals surface area contributed by atoms with Gasteiger partial charge in [-0.1, -0.05) is 71.3 Å². The molecule has 8 nitrogen and oxygen atoms in total. The zero-order valence-corrected chi connectivity index (χ0v) is 23.1. The maximum atomic E-state index is 12.8. The number of esters is 2. The summed E-state index contributed by atoms with van der Waals surface area (Å²) in [7, 11) is 0. The van der Waals surface area contributed by atoms with Crippen LogP contribution in [0.15, 0.2) is 30.3 Å². The van der Waals surface area contributed by atoms with E-state index in [2.05, 4.69) is 13.8 Å². The van der Waals surface area contributed by atoms with E-state index in [1.54, 1.807) is 6.07 Å². The van der Waals surface area contributed by atoms with Gasteiger partial charge in [0.25, 0.3) is 0 Å². The highest BCUT2D eigenvalue weighted by atomic mass is 16.6. The summed E-state index contributed by atoms with van der Waals surface area (Å²) in [6.07, 6.45) is 9.10. The number of aromatic hydroxyl groups is 3. The average Bonchev–Trinajstić information content (AvgIpc) is 2.90. The van der Waals surface area contributed by atoms with Gasteiger partial charge in [0.2, 0.25) is 0 Å². The zero-order chi connectivity index (χ0) is 28.2. The van der Waals surface area contributed by atoms with Crippen molar-refractivity contribution >= 4 is 11.9 Å². The van der Waals surface area contributed by atoms with Crippen molar-refractivity contribution in [2.24, 2.45) is 0 Å². The van der Waals surface area contributed by atoms with Crippen molar-refractivity contribution in [3.05, 3.63) is 41.5 Å². The SMILES string of the molecule is CCCCCCCC(=O)Oc1cc(O)cc2c1C[C@H](OC(=O)CCCCCCC)[C@@H](c1ccc(O)c(O)c1)O2. The number of unbranched alkanes of at least 4 members (excludes halogenated alkanes) is 8. The third-order valence-corrected chi connectivity index (χ3v) is 6.95. The van der Waals surface area contributed by atoms with Gasteiger partial charge in [-0.25, -0.2) is 0 Å². The van der Waals surface area contributed by atoms with Gasteiger partial charge in [0.05, 0.1) is 0 Å². The minimum Gasteiger partial charge on any atom is -0.508 e. The fourth-order valence-electron chi connectivity index (χ4n) is 4.78. The molecule has 0 saturated carbocycles. The van der Waals surface area contributed by atoms with Crippen LogP contribution in [0, 0.1) is 0 Å². The van der Waals surface area contributed by atoms with Crippen molar-refractivity contribution in [1.29, 1.82) is 0 Å². The number of carbonyl (C=O) groups is 2. The molecular formula is C31H42O8. The quantitative estimate of drug-likeness (QED) is 0.0950. The Balaban J connectivity index is 1.79. The predicted molar refractivity (Wildman–Crippen MR) is 147 cm³/mol. The molecule has 3 N–H and O–H groups in total. The minimum absolute atomic E-state index is 0.130. The number of hydrogen-bond donors (Lipinski definition) is 3. The minimum atomic E-state index is -0.808. The second-order valence-electron chi connectivity index (χ2n) is 10.2. The maximum absolute atomic E-state index is 12.8. The maximum Gasteiger partial charge on any atom is 0.311 e. The molecule has 0 amide bonds. The Hall–Kier alpha value is -3.42. The second kappa shape index (κ2) is 15.2. The van der Waals surface area contributed by atoms with Crippen LogP contribution in [0.5, 0.6) is 28.7 Å². The molecule has 214 valence electrons. The summed E-state index contributed by atoms with van der Waals surface area (Å²) in [6, 6.07) is 7.08. The van der Waals surface area contributed by atoms with Crippen LogP contribution in [0.1, 0.15) is 108 Å². The first kappa shape index (κ1) is 30.1. The standard InChI is InChI=1S/C31H42O8/c1-3-5-7-9-11-13-29(35)37-26-18-22(32)19-27-23(26)20-28(38-30(36)14-12-10-8-6-4-2)31(39-27)21-15-16-24(33)25(34)17-21/h15-19,28,31-34H,3-14,20H2,1-2H3/t28-,31+/m0/s1. The molecule has 0 fully saturated rings. The largest absolute Gasteiger partial charge is 0.508 e. The van der Waals surface area contributed by atoms with Crippen molar-refractivity contribution in [1.82, 2.24) is 0 Å². The summed E-state index contributed by atoms with van der Waals surface area (Å²) in [6.45, 7) is 4.27. The molecule has 8 heteroatoms. The summed E-state index contributed by atoms with van der Waals surface area (Å²) < 4.78 is 17.7. The van der Waals surface area contributed by atoms with Crippen LogP contribution in [0.3, 0.4) is 0 Å². The predicted octanol–water partition coefficient (Wildman–Crippen LogP) is 7.02. The Bertz CT molecular complexity index is 1100. The first-order valence-electron chi connectivity index (χ1n) is 14.3. The van der Waals surface area contributed by atoms with Gasteiger partial charge in [0.1, 0.15) is 23.4 Å². The second-order valence-corrected chi connectivity index (χ2v) is 10.2. The summed E-state index contributed by atoms with van der Waals surface area (Å²) in [5, 5.41) is 30.2. The topological polar surface area (TPSA) is 123 Å². The van der Waals surface area contributed by atoms with Crippen LogP contribution < -0.4 is 9.47 Å². The van der Waals surface area contributed by atoms with Crippen molar-refractivity contribution in [2.45, 2.75) is 110 Å². The third kappa shape index (κ3) is 9.08. The summed E-state index contributed by atoms with van der Waals surface area (Å²) in [4.78, 5) is 25.3. The van der Waals surface area contributed by atoms with Crippen LogP contribution in [0.4, 0.5) is 0 Å². The third-order valence-electron chi connectivity index (χ3n) is 6.95. The highest BCUT2D eigenvalue weighted by Crippen LogP contribution is 2.44. The molecule has 39 heavy (non-hydrogen) atoms. The molecular weight excluding hydrogens is 500 g/mol. The smallest absolute Gasteiger partial charge is 0.311 e. The zero-order valence-electron chi connectivity index (χ0n) is 23.1. The summed E-state index contributed by atoms with van der Waals surface area (Å²) in [5.74, 6) is -1.02. The van der Waals surface area contributed by atoms with Gasteiger partial charge in [0.15, 0.2) is 17.6 Å². The molecule has 3 rings (SSSR count). The molecule has 0 unspecified atom stereocenters. The lowest BCUT2D eigenvalue weighted by Gasteiger charge is -2.34. The first-order valence-corrected chi connectivity index (χ1v) is 14.3. The van der Waals surface area contributed by atoms with E-state index in [9.17, 15) is 24.9 Å². The van der Waals surface area contributed by atoms with E-state index in [1.807, 2.05) is 0 Å². The van der Waals surface area contributed by atoms with Gasteiger partial charge in [-0.15, -0.1) is 0 Å². The van der Waals surface area contributed by atoms with Crippen LogP contribution in [0.25, 0.3) is 0 Å². The lowest BCUT2D eigenvalue weighted by Crippen LogP contribution is -2.35. The van der Waals surface area contributed by atoms with Crippen LogP contribution in [-0.2, 0) is 20.7 Å². The lowest BCUT2D eigenvalue weighted by atomic mass is 9.93. The summed E-state index contributed by atoms with van der Waals surface area (Å²) >= 11 is 0. The molecule has 0 saturated heterocycles. The van der Waals surface area contributed by atoms with Crippen molar-refractivity contribution < 1.29 is 39.1 Å². The van der Waals surface area contributed by atoms with Gasteiger partial charge in [0, 0.05) is 42.5 Å². The van der Waals surface area contributed by atoms with Gasteiger partial charge < -0.3 is 29.5 Å². The number of phenols is 3. The Kier molecular flexibility index (Phi) is 11.8.